The summed E-state index contributed by atoms with van der Waals surface area (Å²) in [6.07, 6.45) is 5.88. The number of hydrogen-bond donors (Lipinski definition) is 2. The molecule has 3 rings (SSSR count). The quantitative estimate of drug-likeness (QED) is 0.770. The molecule has 1 aliphatic heterocycles. The molecule has 0 bridgehead atoms. The van der Waals surface area contributed by atoms with Crippen LogP contribution in [0.15, 0.2) is 42.6 Å². The number of primary amides is 1. The second-order valence-electron chi connectivity index (χ2n) is 6.23. The Balaban J connectivity index is 1.49. The van der Waals surface area contributed by atoms with Crippen molar-refractivity contribution in [1.29, 1.82) is 0 Å². The molecule has 1 aromatic heterocycles. The van der Waals surface area contributed by atoms with Gasteiger partial charge in [-0.25, -0.2) is 4.98 Å². The number of nitrogens with one attached hydrogen (secondary N) is 1. The maximum atomic E-state index is 12.4. The molecule has 0 saturated carbocycles. The number of carbonyl (C=O) groups excluding carboxylic acids is 3. The lowest BCUT2D eigenvalue weighted by atomic mass is 9.96. The minimum Gasteiger partial charge on any atom is -0.365 e. The molecule has 0 spiro atoms. The third kappa shape index (κ3) is 5.01. The van der Waals surface area contributed by atoms with Crippen molar-refractivity contribution >= 4 is 40.3 Å². The van der Waals surface area contributed by atoms with Gasteiger partial charge in [0.25, 0.3) is 5.91 Å². The largest absolute Gasteiger partial charge is 0.365 e. The van der Waals surface area contributed by atoms with Gasteiger partial charge in [-0.1, -0.05) is 41.7 Å². The van der Waals surface area contributed by atoms with E-state index in [0.717, 1.165) is 16.9 Å². The molecule has 1 fully saturated rings. The fourth-order valence-electron chi connectivity index (χ4n) is 2.85. The van der Waals surface area contributed by atoms with Crippen LogP contribution >= 0.6 is 11.3 Å². The minimum atomic E-state index is -0.566. The van der Waals surface area contributed by atoms with Crippen molar-refractivity contribution in [2.45, 2.75) is 12.8 Å². The predicted molar refractivity (Wildman–Crippen MR) is 104 cm³/mol. The molecule has 0 atom stereocenters. The molecule has 140 valence electrons. The molecule has 0 radical (unpaired) electrons. The van der Waals surface area contributed by atoms with Crippen molar-refractivity contribution in [1.82, 2.24) is 9.88 Å². The van der Waals surface area contributed by atoms with E-state index in [1.807, 2.05) is 30.3 Å². The lowest BCUT2D eigenvalue weighted by Gasteiger charge is -2.30. The van der Waals surface area contributed by atoms with Gasteiger partial charge < -0.3 is 16.0 Å². The molecule has 0 unspecified atom stereocenters. The Bertz CT molecular complexity index is 855. The predicted octanol–water partition coefficient (Wildman–Crippen LogP) is 2.13. The van der Waals surface area contributed by atoms with E-state index < -0.39 is 5.91 Å². The van der Waals surface area contributed by atoms with Crippen LogP contribution in [-0.4, -0.2) is 40.7 Å². The van der Waals surface area contributed by atoms with Crippen LogP contribution in [0, 0.1) is 5.92 Å². The zero-order valence-electron chi connectivity index (χ0n) is 14.6. The lowest BCUT2D eigenvalue weighted by Crippen LogP contribution is -2.40. The summed E-state index contributed by atoms with van der Waals surface area (Å²) in [5.41, 5.74) is 6.15. The van der Waals surface area contributed by atoms with Crippen molar-refractivity contribution in [2.75, 3.05) is 18.4 Å². The molecule has 0 aliphatic carbocycles. The monoisotopic (exact) mass is 384 g/mol. The van der Waals surface area contributed by atoms with Gasteiger partial charge in [0.05, 0.1) is 6.20 Å². The Kier molecular flexibility index (Phi) is 5.97. The van der Waals surface area contributed by atoms with E-state index in [0.29, 0.717) is 35.9 Å². The Morgan fingerprint density at radius 3 is 2.52 bits per heavy atom. The lowest BCUT2D eigenvalue weighted by molar-refractivity contribution is -0.130. The van der Waals surface area contributed by atoms with Gasteiger partial charge in [0.1, 0.15) is 4.88 Å². The standard InChI is InChI=1S/C19H20N4O3S/c20-17(25)15-12-21-19(27-15)22-18(26)14-8-10-23(11-9-14)16(24)7-6-13-4-2-1-3-5-13/h1-7,12,14H,8-11H2,(H2,20,25)(H,21,22,26). The van der Waals surface area contributed by atoms with Gasteiger partial charge in [0.15, 0.2) is 5.13 Å². The Morgan fingerprint density at radius 2 is 1.89 bits per heavy atom. The van der Waals surface area contributed by atoms with Crippen molar-refractivity contribution in [2.24, 2.45) is 11.7 Å². The summed E-state index contributed by atoms with van der Waals surface area (Å²) in [5.74, 6) is -0.951. The average Bonchev–Trinajstić information content (AvgIpc) is 3.16. The third-order valence-corrected chi connectivity index (χ3v) is 5.30. The summed E-state index contributed by atoms with van der Waals surface area (Å²) < 4.78 is 0. The van der Waals surface area contributed by atoms with E-state index in [1.54, 1.807) is 17.1 Å². The van der Waals surface area contributed by atoms with Crippen molar-refractivity contribution < 1.29 is 14.4 Å². The highest BCUT2D eigenvalue weighted by Crippen LogP contribution is 2.22. The average molecular weight is 384 g/mol. The number of benzene rings is 1. The fraction of sp³-hybridized carbons (Fsp3) is 0.263. The Labute approximate surface area is 160 Å². The fourth-order valence-corrected chi connectivity index (χ4v) is 3.52. The van der Waals surface area contributed by atoms with E-state index >= 15 is 0 Å². The van der Waals surface area contributed by atoms with Crippen LogP contribution < -0.4 is 11.1 Å². The second kappa shape index (κ2) is 8.59. The van der Waals surface area contributed by atoms with Crippen LogP contribution in [-0.2, 0) is 9.59 Å². The first-order valence-corrected chi connectivity index (χ1v) is 9.43. The van der Waals surface area contributed by atoms with Crippen molar-refractivity contribution in [3.63, 3.8) is 0 Å². The SMILES string of the molecule is NC(=O)c1cnc(NC(=O)C2CCN(C(=O)C=Cc3ccccc3)CC2)s1. The zero-order chi connectivity index (χ0) is 19.2. The minimum absolute atomic E-state index is 0.0521. The molecule has 2 aromatic rings. The van der Waals surface area contributed by atoms with Crippen LogP contribution in [0.3, 0.4) is 0 Å². The maximum absolute atomic E-state index is 12.4. The van der Waals surface area contributed by atoms with Crippen LogP contribution in [0.2, 0.25) is 0 Å². The number of nitrogens with zero attached hydrogens (tertiary/aromatic N) is 2. The van der Waals surface area contributed by atoms with Crippen LogP contribution in [0.25, 0.3) is 6.08 Å². The molecule has 8 heteroatoms. The van der Waals surface area contributed by atoms with Crippen molar-refractivity contribution in [3.05, 3.63) is 53.0 Å². The number of rotatable bonds is 5. The highest BCUT2D eigenvalue weighted by Gasteiger charge is 2.27. The van der Waals surface area contributed by atoms with Gasteiger partial charge >= 0.3 is 0 Å². The topological polar surface area (TPSA) is 105 Å². The smallest absolute Gasteiger partial charge is 0.260 e. The van der Waals surface area contributed by atoms with E-state index in [1.165, 1.54) is 6.20 Å². The van der Waals surface area contributed by atoms with Gasteiger partial charge in [-0.3, -0.25) is 14.4 Å². The highest BCUT2D eigenvalue weighted by atomic mass is 32.1. The summed E-state index contributed by atoms with van der Waals surface area (Å²) >= 11 is 1.05. The number of piperidine rings is 1. The summed E-state index contributed by atoms with van der Waals surface area (Å²) in [6, 6.07) is 9.63. The molecule has 3 amide bonds. The first kappa shape index (κ1) is 18.8. The summed E-state index contributed by atoms with van der Waals surface area (Å²) in [7, 11) is 0. The van der Waals surface area contributed by atoms with Gasteiger partial charge in [-0.05, 0) is 24.5 Å². The normalized spacial score (nSPS) is 15.0. The van der Waals surface area contributed by atoms with Crippen LogP contribution in [0.1, 0.15) is 28.1 Å². The number of aromatic nitrogens is 1. The number of thiazole rings is 1. The third-order valence-electron chi connectivity index (χ3n) is 4.37. The second-order valence-corrected chi connectivity index (χ2v) is 7.26. The van der Waals surface area contributed by atoms with Gasteiger partial charge in [0, 0.05) is 25.1 Å². The van der Waals surface area contributed by atoms with Gasteiger partial charge in [0.2, 0.25) is 11.8 Å². The molecule has 3 N–H and O–H groups in total. The molecule has 1 saturated heterocycles. The molecule has 7 nitrogen and oxygen atoms in total. The molecule has 27 heavy (non-hydrogen) atoms. The van der Waals surface area contributed by atoms with E-state index in [2.05, 4.69) is 10.3 Å². The summed E-state index contributed by atoms with van der Waals surface area (Å²) in [6.45, 7) is 1.06. The number of likely N-dealkylation sites (tertiary alicyclic amines) is 1. The van der Waals surface area contributed by atoms with Crippen LogP contribution in [0.5, 0.6) is 0 Å². The van der Waals surface area contributed by atoms with Gasteiger partial charge in [-0.15, -0.1) is 0 Å². The maximum Gasteiger partial charge on any atom is 0.260 e. The first-order chi connectivity index (χ1) is 13.0. The van der Waals surface area contributed by atoms with E-state index in [9.17, 15) is 14.4 Å². The van der Waals surface area contributed by atoms with E-state index in [4.69, 9.17) is 5.73 Å². The summed E-state index contributed by atoms with van der Waals surface area (Å²) in [4.78, 5) is 41.8. The van der Waals surface area contributed by atoms with Gasteiger partial charge in [-0.2, -0.15) is 0 Å². The number of carbonyl (C=O) groups is 3. The zero-order valence-corrected chi connectivity index (χ0v) is 15.4. The Morgan fingerprint density at radius 1 is 1.19 bits per heavy atom. The summed E-state index contributed by atoms with van der Waals surface area (Å²) in [5, 5.41) is 3.08. The molecule has 2 heterocycles. The molecule has 1 aromatic carbocycles. The molecular formula is C19H20N4O3S. The number of anilines is 1. The molecule has 1 aliphatic rings. The highest BCUT2D eigenvalue weighted by molar-refractivity contribution is 7.17. The van der Waals surface area contributed by atoms with Crippen molar-refractivity contribution in [3.8, 4) is 0 Å². The van der Waals surface area contributed by atoms with Crippen LogP contribution in [0.4, 0.5) is 5.13 Å². The molecular weight excluding hydrogens is 364 g/mol. The number of hydrogen-bond acceptors (Lipinski definition) is 5. The van der Waals surface area contributed by atoms with E-state index in [-0.39, 0.29) is 17.7 Å². The Hall–Kier alpha value is -3.00. The first-order valence-electron chi connectivity index (χ1n) is 8.61. The number of nitrogens with two attached hydrogens (primary N) is 1. The number of amides is 3.